The van der Waals surface area contributed by atoms with E-state index in [2.05, 4.69) is 40.7 Å². The molecule has 0 spiro atoms. The number of rotatable bonds is 4. The van der Waals surface area contributed by atoms with E-state index >= 15 is 0 Å². The van der Waals surface area contributed by atoms with Gasteiger partial charge in [0.15, 0.2) is 0 Å². The zero-order valence-electron chi connectivity index (χ0n) is 13.1. The van der Waals surface area contributed by atoms with E-state index in [1.807, 2.05) is 0 Å². The van der Waals surface area contributed by atoms with Gasteiger partial charge in [0.2, 0.25) is 0 Å². The molecule has 0 radical (unpaired) electrons. The van der Waals surface area contributed by atoms with Crippen molar-refractivity contribution in [2.45, 2.75) is 65.6 Å². The molecule has 0 aromatic carbocycles. The van der Waals surface area contributed by atoms with Crippen LogP contribution in [0, 0.1) is 34.5 Å². The van der Waals surface area contributed by atoms with Crippen LogP contribution in [0.15, 0.2) is 0 Å². The molecule has 19 heavy (non-hydrogen) atoms. The Morgan fingerprint density at radius 1 is 1.32 bits per heavy atom. The molecule has 110 valence electrons. The van der Waals surface area contributed by atoms with Crippen molar-refractivity contribution in [3.05, 3.63) is 0 Å². The standard InChI is InChI=1S/C16H29NOS/c1-12(2)8-9-19(18)15-10-14(16(3,4)5)7-6-13(15)11-17/h12-15H,6-10H2,1-5H3. The van der Waals surface area contributed by atoms with Crippen molar-refractivity contribution < 1.29 is 4.21 Å². The Bertz CT molecular complexity index is 351. The van der Waals surface area contributed by atoms with Gasteiger partial charge in [-0.05, 0) is 42.9 Å². The fourth-order valence-corrected chi connectivity index (χ4v) is 4.87. The van der Waals surface area contributed by atoms with Crippen molar-refractivity contribution in [3.8, 4) is 6.07 Å². The second-order valence-electron chi connectivity index (χ2n) is 7.42. The molecule has 0 saturated heterocycles. The molecule has 2 nitrogen and oxygen atoms in total. The van der Waals surface area contributed by atoms with Gasteiger partial charge in [-0.2, -0.15) is 5.26 Å². The highest BCUT2D eigenvalue weighted by Gasteiger charge is 2.38. The van der Waals surface area contributed by atoms with Crippen LogP contribution in [-0.4, -0.2) is 15.2 Å². The number of hydrogen-bond donors (Lipinski definition) is 0. The molecule has 1 aliphatic carbocycles. The van der Waals surface area contributed by atoms with E-state index in [-0.39, 0.29) is 16.6 Å². The second-order valence-corrected chi connectivity index (χ2v) is 9.19. The minimum absolute atomic E-state index is 0.00611. The first kappa shape index (κ1) is 16.7. The average Bonchev–Trinajstić information content (AvgIpc) is 2.33. The molecule has 0 aliphatic heterocycles. The SMILES string of the molecule is CC(C)CCS(=O)C1CC(C(C)(C)C)CCC1C#N. The van der Waals surface area contributed by atoms with E-state index in [4.69, 9.17) is 0 Å². The molecule has 1 aliphatic rings. The third-order valence-corrected chi connectivity index (χ3v) is 6.25. The van der Waals surface area contributed by atoms with Crippen molar-refractivity contribution in [1.82, 2.24) is 0 Å². The summed E-state index contributed by atoms with van der Waals surface area (Å²) in [4.78, 5) is 0. The maximum Gasteiger partial charge on any atom is 0.0668 e. The van der Waals surface area contributed by atoms with Gasteiger partial charge in [0.25, 0.3) is 0 Å². The molecule has 1 rings (SSSR count). The highest BCUT2D eigenvalue weighted by Crippen LogP contribution is 2.41. The lowest BCUT2D eigenvalue weighted by atomic mass is 9.70. The smallest absolute Gasteiger partial charge is 0.0668 e. The van der Waals surface area contributed by atoms with E-state index in [0.717, 1.165) is 31.4 Å². The van der Waals surface area contributed by atoms with Crippen molar-refractivity contribution in [1.29, 1.82) is 5.26 Å². The Labute approximate surface area is 121 Å². The van der Waals surface area contributed by atoms with Gasteiger partial charge in [-0.3, -0.25) is 4.21 Å². The van der Waals surface area contributed by atoms with Crippen LogP contribution in [-0.2, 0) is 10.8 Å². The molecule has 0 amide bonds. The summed E-state index contributed by atoms with van der Waals surface area (Å²) >= 11 is 0. The molecule has 3 heteroatoms. The van der Waals surface area contributed by atoms with Gasteiger partial charge in [0, 0.05) is 16.6 Å². The fourth-order valence-electron chi connectivity index (χ4n) is 2.86. The van der Waals surface area contributed by atoms with Gasteiger partial charge >= 0.3 is 0 Å². The predicted molar refractivity (Wildman–Crippen MR) is 82.2 cm³/mol. The third-order valence-electron chi connectivity index (χ3n) is 4.42. The van der Waals surface area contributed by atoms with Crippen LogP contribution in [0.2, 0.25) is 0 Å². The molecule has 1 fully saturated rings. The highest BCUT2D eigenvalue weighted by atomic mass is 32.2. The van der Waals surface area contributed by atoms with Crippen LogP contribution in [0.4, 0.5) is 0 Å². The van der Waals surface area contributed by atoms with E-state index in [1.54, 1.807) is 0 Å². The number of nitrogens with zero attached hydrogens (tertiary/aromatic N) is 1. The first-order valence-electron chi connectivity index (χ1n) is 7.52. The van der Waals surface area contributed by atoms with Crippen molar-refractivity contribution in [3.63, 3.8) is 0 Å². The Hall–Kier alpha value is -0.360. The second kappa shape index (κ2) is 6.88. The van der Waals surface area contributed by atoms with Crippen LogP contribution >= 0.6 is 0 Å². The van der Waals surface area contributed by atoms with E-state index in [1.165, 1.54) is 0 Å². The quantitative estimate of drug-likeness (QED) is 0.778. The van der Waals surface area contributed by atoms with Gasteiger partial charge in [-0.25, -0.2) is 0 Å². The molecule has 1 saturated carbocycles. The minimum Gasteiger partial charge on any atom is -0.259 e. The normalized spacial score (nSPS) is 30.1. The van der Waals surface area contributed by atoms with Crippen LogP contribution in [0.5, 0.6) is 0 Å². The van der Waals surface area contributed by atoms with Gasteiger partial charge < -0.3 is 0 Å². The van der Waals surface area contributed by atoms with Crippen LogP contribution < -0.4 is 0 Å². The molecule has 0 N–H and O–H groups in total. The molecule has 0 aromatic heterocycles. The maximum absolute atomic E-state index is 12.5. The van der Waals surface area contributed by atoms with E-state index in [9.17, 15) is 9.47 Å². The maximum atomic E-state index is 12.5. The lowest BCUT2D eigenvalue weighted by molar-refractivity contribution is 0.167. The van der Waals surface area contributed by atoms with Crippen LogP contribution in [0.25, 0.3) is 0 Å². The topological polar surface area (TPSA) is 40.9 Å². The predicted octanol–water partition coefficient (Wildman–Crippen LogP) is 4.14. The Balaban J connectivity index is 2.70. The number of nitriles is 1. The minimum atomic E-state index is -0.835. The monoisotopic (exact) mass is 283 g/mol. The van der Waals surface area contributed by atoms with Crippen LogP contribution in [0.1, 0.15) is 60.3 Å². The van der Waals surface area contributed by atoms with E-state index in [0.29, 0.717) is 11.8 Å². The van der Waals surface area contributed by atoms with E-state index < -0.39 is 10.8 Å². The molecular weight excluding hydrogens is 254 g/mol. The summed E-state index contributed by atoms with van der Waals surface area (Å²) in [6.45, 7) is 11.1. The summed E-state index contributed by atoms with van der Waals surface area (Å²) in [5, 5.41) is 9.39. The van der Waals surface area contributed by atoms with Crippen molar-refractivity contribution in [2.24, 2.45) is 23.2 Å². The molecule has 0 heterocycles. The molecule has 0 bridgehead atoms. The summed E-state index contributed by atoms with van der Waals surface area (Å²) in [7, 11) is -0.835. The molecule has 4 unspecified atom stereocenters. The zero-order valence-corrected chi connectivity index (χ0v) is 13.9. The Morgan fingerprint density at radius 3 is 2.42 bits per heavy atom. The first-order valence-corrected chi connectivity index (χ1v) is 8.90. The van der Waals surface area contributed by atoms with Crippen molar-refractivity contribution in [2.75, 3.05) is 5.75 Å². The molecule has 0 aromatic rings. The molecular formula is C16H29NOS. The van der Waals surface area contributed by atoms with Gasteiger partial charge in [0.1, 0.15) is 0 Å². The largest absolute Gasteiger partial charge is 0.259 e. The summed E-state index contributed by atoms with van der Waals surface area (Å²) in [5.41, 5.74) is 0.265. The van der Waals surface area contributed by atoms with Crippen molar-refractivity contribution >= 4 is 10.8 Å². The lowest BCUT2D eigenvalue weighted by Crippen LogP contribution is -2.37. The fraction of sp³-hybridized carbons (Fsp3) is 0.938. The Kier molecular flexibility index (Phi) is 6.05. The summed E-state index contributed by atoms with van der Waals surface area (Å²) in [5.74, 6) is 1.96. The van der Waals surface area contributed by atoms with Gasteiger partial charge in [-0.1, -0.05) is 34.6 Å². The zero-order chi connectivity index (χ0) is 14.6. The van der Waals surface area contributed by atoms with Gasteiger partial charge in [-0.15, -0.1) is 0 Å². The highest BCUT2D eigenvalue weighted by molar-refractivity contribution is 7.85. The van der Waals surface area contributed by atoms with Gasteiger partial charge in [0.05, 0.1) is 17.2 Å². The summed E-state index contributed by atoms with van der Waals surface area (Å²) in [6.07, 6.45) is 4.00. The summed E-state index contributed by atoms with van der Waals surface area (Å²) in [6, 6.07) is 2.40. The lowest BCUT2D eigenvalue weighted by Gasteiger charge is -2.39. The average molecular weight is 283 g/mol. The number of hydrogen-bond acceptors (Lipinski definition) is 2. The van der Waals surface area contributed by atoms with Crippen LogP contribution in [0.3, 0.4) is 0 Å². The Morgan fingerprint density at radius 2 is 1.95 bits per heavy atom. The summed E-state index contributed by atoms with van der Waals surface area (Å²) < 4.78 is 12.5. The molecule has 4 atom stereocenters. The first-order chi connectivity index (χ1) is 8.75. The third kappa shape index (κ3) is 4.91.